The van der Waals surface area contributed by atoms with Gasteiger partial charge >= 0.3 is 11.9 Å². The van der Waals surface area contributed by atoms with Gasteiger partial charge in [0, 0.05) is 5.38 Å². The van der Waals surface area contributed by atoms with Gasteiger partial charge in [0.1, 0.15) is 10.9 Å². The molecule has 118 valence electrons. The molecule has 2 N–H and O–H groups in total. The summed E-state index contributed by atoms with van der Waals surface area (Å²) in [4.78, 5) is 22.4. The van der Waals surface area contributed by atoms with E-state index < -0.39 is 28.0 Å². The quantitative estimate of drug-likeness (QED) is 0.696. The molecular weight excluding hydrogens is 318 g/mol. The number of hydrogen-bond donors (Lipinski definition) is 2. The molecule has 0 aliphatic carbocycles. The molecule has 0 bridgehead atoms. The minimum atomic E-state index is -3.98. The summed E-state index contributed by atoms with van der Waals surface area (Å²) in [5.74, 6) is -1.86. The smallest absolute Gasteiger partial charge is 0.348 e. The molecule has 0 aliphatic heterocycles. The Bertz CT molecular complexity index is 607. The second kappa shape index (κ2) is 7.53. The number of nitrogens with one attached hydrogen (secondary N) is 1. The van der Waals surface area contributed by atoms with E-state index in [-0.39, 0.29) is 16.2 Å². The fourth-order valence-electron chi connectivity index (χ4n) is 1.56. The van der Waals surface area contributed by atoms with Gasteiger partial charge < -0.3 is 9.84 Å². The van der Waals surface area contributed by atoms with Crippen LogP contribution in [0.5, 0.6) is 0 Å². The number of ether oxygens (including phenoxy) is 1. The SMILES string of the molecule is CCCC[C@H](NS(=O)(=O)c1csc(C(=O)OC)c1)C(=O)O. The molecular formula is C12H17NO6S2. The first-order valence-electron chi connectivity index (χ1n) is 6.23. The van der Waals surface area contributed by atoms with Crippen molar-refractivity contribution in [3.05, 3.63) is 16.3 Å². The number of carboxylic acids is 1. The van der Waals surface area contributed by atoms with Crippen molar-refractivity contribution in [2.24, 2.45) is 0 Å². The first-order chi connectivity index (χ1) is 9.81. The average molecular weight is 335 g/mol. The van der Waals surface area contributed by atoms with Crippen LogP contribution in [0.3, 0.4) is 0 Å². The molecule has 9 heteroatoms. The molecule has 0 fully saturated rings. The summed E-state index contributed by atoms with van der Waals surface area (Å²) in [5, 5.41) is 10.3. The van der Waals surface area contributed by atoms with Gasteiger partial charge in [0.15, 0.2) is 0 Å². The van der Waals surface area contributed by atoms with Crippen molar-refractivity contribution in [2.45, 2.75) is 37.1 Å². The van der Waals surface area contributed by atoms with Gasteiger partial charge in [-0.3, -0.25) is 4.79 Å². The van der Waals surface area contributed by atoms with Crippen LogP contribution >= 0.6 is 11.3 Å². The number of aliphatic carboxylic acids is 1. The van der Waals surface area contributed by atoms with Crippen LogP contribution in [0.1, 0.15) is 35.9 Å². The van der Waals surface area contributed by atoms with E-state index in [0.717, 1.165) is 23.8 Å². The summed E-state index contributed by atoms with van der Waals surface area (Å²) in [6, 6.07) is -0.0196. The van der Waals surface area contributed by atoms with Gasteiger partial charge in [0.2, 0.25) is 10.0 Å². The van der Waals surface area contributed by atoms with Crippen LogP contribution in [-0.4, -0.2) is 38.6 Å². The van der Waals surface area contributed by atoms with Gasteiger partial charge in [-0.05, 0) is 12.5 Å². The third kappa shape index (κ3) is 4.80. The molecule has 1 rings (SSSR count). The number of unbranched alkanes of at least 4 members (excludes halogenated alkanes) is 1. The number of esters is 1. The predicted octanol–water partition coefficient (Wildman–Crippen LogP) is 1.46. The first-order valence-corrected chi connectivity index (χ1v) is 8.60. The van der Waals surface area contributed by atoms with Crippen LogP contribution in [0.25, 0.3) is 0 Å². The monoisotopic (exact) mass is 335 g/mol. The number of carboxylic acid groups (broad SMARTS) is 1. The molecule has 0 amide bonds. The zero-order chi connectivity index (χ0) is 16.0. The molecule has 0 aliphatic rings. The van der Waals surface area contributed by atoms with E-state index in [1.54, 1.807) is 0 Å². The molecule has 0 unspecified atom stereocenters. The maximum absolute atomic E-state index is 12.1. The third-order valence-corrected chi connectivity index (χ3v) is 5.22. The number of methoxy groups -OCH3 is 1. The normalized spacial score (nSPS) is 12.9. The summed E-state index contributed by atoms with van der Waals surface area (Å²) in [6.45, 7) is 1.88. The van der Waals surface area contributed by atoms with Crippen LogP contribution in [0.15, 0.2) is 16.3 Å². The Morgan fingerprint density at radius 1 is 1.48 bits per heavy atom. The largest absolute Gasteiger partial charge is 0.480 e. The Morgan fingerprint density at radius 2 is 2.14 bits per heavy atom. The second-order valence-corrected chi connectivity index (χ2v) is 6.92. The number of rotatable bonds is 8. The van der Waals surface area contributed by atoms with Crippen molar-refractivity contribution in [2.75, 3.05) is 7.11 Å². The molecule has 0 radical (unpaired) electrons. The standard InChI is InChI=1S/C12H17NO6S2/c1-3-4-5-9(11(14)15)13-21(17,18)8-6-10(20-7-8)12(16)19-2/h6-7,9,13H,3-5H2,1-2H3,(H,14,15)/t9-/m0/s1. The third-order valence-electron chi connectivity index (χ3n) is 2.71. The lowest BCUT2D eigenvalue weighted by atomic mass is 10.1. The van der Waals surface area contributed by atoms with Crippen LogP contribution in [0, 0.1) is 0 Å². The van der Waals surface area contributed by atoms with Crippen molar-refractivity contribution in [3.63, 3.8) is 0 Å². The predicted molar refractivity (Wildman–Crippen MR) is 76.9 cm³/mol. The molecule has 1 aromatic rings. The number of carbonyl (C=O) groups is 2. The van der Waals surface area contributed by atoms with E-state index in [0.29, 0.717) is 6.42 Å². The van der Waals surface area contributed by atoms with E-state index in [1.807, 2.05) is 6.92 Å². The maximum atomic E-state index is 12.1. The molecule has 7 nitrogen and oxygen atoms in total. The summed E-state index contributed by atoms with van der Waals surface area (Å²) in [7, 11) is -2.79. The van der Waals surface area contributed by atoms with Crippen molar-refractivity contribution in [3.8, 4) is 0 Å². The lowest BCUT2D eigenvalue weighted by molar-refractivity contribution is -0.139. The Kier molecular flexibility index (Phi) is 6.31. The number of sulfonamides is 1. The topological polar surface area (TPSA) is 110 Å². The highest BCUT2D eigenvalue weighted by molar-refractivity contribution is 7.89. The van der Waals surface area contributed by atoms with Gasteiger partial charge in [-0.2, -0.15) is 4.72 Å². The Hall–Kier alpha value is -1.45. The molecule has 21 heavy (non-hydrogen) atoms. The van der Waals surface area contributed by atoms with Crippen LogP contribution < -0.4 is 4.72 Å². The van der Waals surface area contributed by atoms with Gasteiger partial charge in [0.25, 0.3) is 0 Å². The molecule has 0 saturated carbocycles. The van der Waals surface area contributed by atoms with E-state index in [9.17, 15) is 18.0 Å². The summed E-state index contributed by atoms with van der Waals surface area (Å²) in [5.41, 5.74) is 0. The fourth-order valence-corrected chi connectivity index (χ4v) is 3.98. The molecule has 0 spiro atoms. The highest BCUT2D eigenvalue weighted by Gasteiger charge is 2.26. The van der Waals surface area contributed by atoms with Gasteiger partial charge in [-0.1, -0.05) is 19.8 Å². The number of carbonyl (C=O) groups excluding carboxylic acids is 1. The summed E-state index contributed by atoms with van der Waals surface area (Å²) >= 11 is 0.921. The van der Waals surface area contributed by atoms with Crippen molar-refractivity contribution < 1.29 is 27.9 Å². The second-order valence-electron chi connectivity index (χ2n) is 4.29. The van der Waals surface area contributed by atoms with Crippen molar-refractivity contribution >= 4 is 33.3 Å². The van der Waals surface area contributed by atoms with E-state index in [1.165, 1.54) is 12.5 Å². The Balaban J connectivity index is 2.91. The van der Waals surface area contributed by atoms with Gasteiger partial charge in [-0.25, -0.2) is 13.2 Å². The number of hydrogen-bond acceptors (Lipinski definition) is 6. The highest BCUT2D eigenvalue weighted by atomic mass is 32.2. The van der Waals surface area contributed by atoms with E-state index >= 15 is 0 Å². The minimum absolute atomic E-state index is 0.137. The van der Waals surface area contributed by atoms with Crippen LogP contribution in [-0.2, 0) is 19.6 Å². The first kappa shape index (κ1) is 17.6. The number of thiophene rings is 1. The zero-order valence-electron chi connectivity index (χ0n) is 11.7. The fraction of sp³-hybridized carbons (Fsp3) is 0.500. The summed E-state index contributed by atoms with van der Waals surface area (Å²) < 4.78 is 30.9. The van der Waals surface area contributed by atoms with Crippen LogP contribution in [0.4, 0.5) is 0 Å². The van der Waals surface area contributed by atoms with Gasteiger partial charge in [0.05, 0.1) is 12.0 Å². The molecule has 0 aromatic carbocycles. The Labute approximate surface area is 127 Å². The Morgan fingerprint density at radius 3 is 2.67 bits per heavy atom. The van der Waals surface area contributed by atoms with Crippen LogP contribution in [0.2, 0.25) is 0 Å². The molecule has 1 aromatic heterocycles. The van der Waals surface area contributed by atoms with Gasteiger partial charge in [-0.15, -0.1) is 11.3 Å². The molecule has 1 atom stereocenters. The van der Waals surface area contributed by atoms with Crippen molar-refractivity contribution in [1.29, 1.82) is 0 Å². The maximum Gasteiger partial charge on any atom is 0.348 e. The van der Waals surface area contributed by atoms with Crippen molar-refractivity contribution in [1.82, 2.24) is 4.72 Å². The minimum Gasteiger partial charge on any atom is -0.480 e. The lowest BCUT2D eigenvalue weighted by Crippen LogP contribution is -2.40. The summed E-state index contributed by atoms with van der Waals surface area (Å²) in [6.07, 6.45) is 1.56. The molecule has 1 heterocycles. The highest BCUT2D eigenvalue weighted by Crippen LogP contribution is 2.20. The molecule has 0 saturated heterocycles. The average Bonchev–Trinajstić information content (AvgIpc) is 2.92. The zero-order valence-corrected chi connectivity index (χ0v) is 13.3. The van der Waals surface area contributed by atoms with E-state index in [2.05, 4.69) is 9.46 Å². The lowest BCUT2D eigenvalue weighted by Gasteiger charge is -2.13. The van der Waals surface area contributed by atoms with E-state index in [4.69, 9.17) is 5.11 Å².